The van der Waals surface area contributed by atoms with Crippen molar-refractivity contribution in [1.29, 1.82) is 0 Å². The lowest BCUT2D eigenvalue weighted by Gasteiger charge is -2.22. The molecule has 0 saturated carbocycles. The van der Waals surface area contributed by atoms with Gasteiger partial charge in [-0.2, -0.15) is 0 Å². The van der Waals surface area contributed by atoms with Crippen molar-refractivity contribution in [2.24, 2.45) is 0 Å². The van der Waals surface area contributed by atoms with Gasteiger partial charge in [0.05, 0.1) is 30.4 Å². The molecule has 1 atom stereocenters. The molecular weight excluding hydrogens is 328 g/mol. The maximum Gasteiger partial charge on any atom is 0.318 e. The van der Waals surface area contributed by atoms with E-state index in [4.69, 9.17) is 0 Å². The van der Waals surface area contributed by atoms with Crippen LogP contribution in [0.1, 0.15) is 59.6 Å². The molecule has 6 heteroatoms. The predicted octanol–water partition coefficient (Wildman–Crippen LogP) is 2.74. The summed E-state index contributed by atoms with van der Waals surface area (Å²) in [5, 5.41) is 3.06. The van der Waals surface area contributed by atoms with Crippen LogP contribution in [0.4, 0.5) is 4.79 Å². The van der Waals surface area contributed by atoms with E-state index >= 15 is 0 Å². The zero-order valence-corrected chi connectivity index (χ0v) is 15.3. The molecule has 0 spiro atoms. The molecule has 1 aliphatic heterocycles. The summed E-state index contributed by atoms with van der Waals surface area (Å²) in [6.45, 7) is 4.44. The van der Waals surface area contributed by atoms with Gasteiger partial charge in [-0.3, -0.25) is 4.79 Å². The quantitative estimate of drug-likeness (QED) is 0.872. The van der Waals surface area contributed by atoms with Crippen molar-refractivity contribution in [3.8, 4) is 0 Å². The minimum absolute atomic E-state index is 0.0774. The number of amides is 2. The van der Waals surface area contributed by atoms with Gasteiger partial charge in [0.25, 0.3) is 5.56 Å². The average molecular weight is 352 g/mol. The Kier molecular flexibility index (Phi) is 4.26. The van der Waals surface area contributed by atoms with E-state index in [1.807, 2.05) is 6.92 Å². The molecule has 0 saturated heterocycles. The predicted molar refractivity (Wildman–Crippen MR) is 98.9 cm³/mol. The van der Waals surface area contributed by atoms with Crippen molar-refractivity contribution < 1.29 is 4.79 Å². The van der Waals surface area contributed by atoms with E-state index in [2.05, 4.69) is 33.5 Å². The summed E-state index contributed by atoms with van der Waals surface area (Å²) in [7, 11) is 0. The molecule has 2 amide bonds. The summed E-state index contributed by atoms with van der Waals surface area (Å²) >= 11 is 0. The first-order valence-electron chi connectivity index (χ1n) is 9.27. The number of carbonyl (C=O) groups is 1. The van der Waals surface area contributed by atoms with Gasteiger partial charge in [0, 0.05) is 0 Å². The summed E-state index contributed by atoms with van der Waals surface area (Å²) in [4.78, 5) is 33.4. The van der Waals surface area contributed by atoms with Crippen LogP contribution in [-0.4, -0.2) is 20.9 Å². The topological polar surface area (TPSA) is 78.1 Å². The molecule has 2 aliphatic rings. The van der Waals surface area contributed by atoms with Crippen LogP contribution < -0.4 is 10.9 Å². The average Bonchev–Trinajstić information content (AvgIpc) is 3.05. The smallest absolute Gasteiger partial charge is 0.318 e. The second kappa shape index (κ2) is 6.59. The summed E-state index contributed by atoms with van der Waals surface area (Å²) in [6.07, 6.45) is 4.79. The molecule has 136 valence electrons. The molecule has 2 aromatic rings. The van der Waals surface area contributed by atoms with Crippen LogP contribution in [0.5, 0.6) is 0 Å². The Morgan fingerprint density at radius 1 is 1.23 bits per heavy atom. The van der Waals surface area contributed by atoms with Crippen molar-refractivity contribution in [2.75, 3.05) is 0 Å². The van der Waals surface area contributed by atoms with E-state index in [1.165, 1.54) is 24.0 Å². The number of nitrogens with one attached hydrogen (secondary N) is 2. The van der Waals surface area contributed by atoms with Crippen LogP contribution in [0, 0.1) is 6.92 Å². The zero-order chi connectivity index (χ0) is 18.3. The van der Waals surface area contributed by atoms with Gasteiger partial charge in [-0.15, -0.1) is 0 Å². The van der Waals surface area contributed by atoms with Gasteiger partial charge in [-0.05, 0) is 56.2 Å². The highest BCUT2D eigenvalue weighted by Gasteiger charge is 2.28. The van der Waals surface area contributed by atoms with Crippen molar-refractivity contribution in [1.82, 2.24) is 20.2 Å². The first kappa shape index (κ1) is 16.8. The van der Waals surface area contributed by atoms with Gasteiger partial charge in [-0.25, -0.2) is 9.78 Å². The van der Waals surface area contributed by atoms with Crippen molar-refractivity contribution in [2.45, 2.75) is 58.7 Å². The number of rotatable bonds is 2. The number of benzene rings is 1. The summed E-state index contributed by atoms with van der Waals surface area (Å²) in [5.74, 6) is 0.582. The number of aromatic amines is 1. The normalized spacial score (nSPS) is 16.8. The minimum Gasteiger partial charge on any atom is -0.331 e. The molecule has 6 nitrogen and oxygen atoms in total. The van der Waals surface area contributed by atoms with E-state index in [1.54, 1.807) is 11.8 Å². The molecule has 0 radical (unpaired) electrons. The Bertz CT molecular complexity index is 919. The first-order chi connectivity index (χ1) is 12.5. The van der Waals surface area contributed by atoms with Crippen molar-refractivity contribution in [3.63, 3.8) is 0 Å². The first-order valence-corrected chi connectivity index (χ1v) is 9.27. The Labute approximate surface area is 152 Å². The summed E-state index contributed by atoms with van der Waals surface area (Å²) in [6, 6.07) is 6.30. The number of H-pyrrole nitrogens is 1. The lowest BCUT2D eigenvalue weighted by molar-refractivity contribution is 0.195. The Balaban J connectivity index is 1.45. The molecular formula is C20H24N4O2. The molecule has 1 aromatic carbocycles. The second-order valence-corrected chi connectivity index (χ2v) is 7.34. The lowest BCUT2D eigenvalue weighted by Crippen LogP contribution is -2.38. The number of aromatic nitrogens is 2. The largest absolute Gasteiger partial charge is 0.331 e. The van der Waals surface area contributed by atoms with Crippen LogP contribution in [0.15, 0.2) is 23.0 Å². The zero-order valence-electron chi connectivity index (χ0n) is 15.3. The standard InChI is InChI=1S/C20H24N4O2/c1-12(15-8-7-14-5-3-4-6-16(14)9-15)21-20(26)24-10-17-18(11-24)22-13(2)23-19(17)25/h7-9,12H,3-6,10-11H2,1-2H3,(H,21,26)(H,22,23,25)/t12-/m1/s1. The molecule has 1 aromatic heterocycles. The fourth-order valence-corrected chi connectivity index (χ4v) is 3.92. The van der Waals surface area contributed by atoms with E-state index in [9.17, 15) is 9.59 Å². The van der Waals surface area contributed by atoms with Gasteiger partial charge in [0.15, 0.2) is 0 Å². The van der Waals surface area contributed by atoms with E-state index < -0.39 is 0 Å². The Morgan fingerprint density at radius 2 is 2.00 bits per heavy atom. The maximum absolute atomic E-state index is 12.7. The van der Waals surface area contributed by atoms with Gasteiger partial charge in [-0.1, -0.05) is 18.2 Å². The fourth-order valence-electron chi connectivity index (χ4n) is 3.92. The second-order valence-electron chi connectivity index (χ2n) is 7.34. The maximum atomic E-state index is 12.7. The lowest BCUT2D eigenvalue weighted by atomic mass is 9.89. The monoisotopic (exact) mass is 352 g/mol. The highest BCUT2D eigenvalue weighted by atomic mass is 16.2. The Hall–Kier alpha value is -2.63. The van der Waals surface area contributed by atoms with Gasteiger partial charge in [0.2, 0.25) is 0 Å². The van der Waals surface area contributed by atoms with Gasteiger partial charge in [0.1, 0.15) is 5.82 Å². The minimum atomic E-state index is -0.162. The molecule has 4 rings (SSSR count). The van der Waals surface area contributed by atoms with Crippen LogP contribution in [0.25, 0.3) is 0 Å². The molecule has 2 heterocycles. The summed E-state index contributed by atoms with van der Waals surface area (Å²) in [5.41, 5.74) is 5.12. The van der Waals surface area contributed by atoms with Crippen LogP contribution >= 0.6 is 0 Å². The van der Waals surface area contributed by atoms with Gasteiger partial charge >= 0.3 is 6.03 Å². The van der Waals surface area contributed by atoms with Crippen molar-refractivity contribution >= 4 is 6.03 Å². The molecule has 26 heavy (non-hydrogen) atoms. The number of fused-ring (bicyclic) bond motifs is 2. The number of aryl methyl sites for hydroxylation is 3. The third kappa shape index (κ3) is 3.11. The fraction of sp³-hybridized carbons (Fsp3) is 0.450. The summed E-state index contributed by atoms with van der Waals surface area (Å²) < 4.78 is 0. The number of hydrogen-bond acceptors (Lipinski definition) is 3. The third-order valence-electron chi connectivity index (χ3n) is 5.41. The van der Waals surface area contributed by atoms with E-state index in [-0.39, 0.29) is 17.6 Å². The van der Waals surface area contributed by atoms with Crippen LogP contribution in [0.3, 0.4) is 0 Å². The number of carbonyl (C=O) groups excluding carboxylic acids is 1. The van der Waals surface area contributed by atoms with Crippen LogP contribution in [-0.2, 0) is 25.9 Å². The highest BCUT2D eigenvalue weighted by molar-refractivity contribution is 5.75. The van der Waals surface area contributed by atoms with Crippen LogP contribution in [0.2, 0.25) is 0 Å². The third-order valence-corrected chi connectivity index (χ3v) is 5.41. The number of nitrogens with zero attached hydrogens (tertiary/aromatic N) is 2. The number of hydrogen-bond donors (Lipinski definition) is 2. The van der Waals surface area contributed by atoms with E-state index in [0.29, 0.717) is 30.2 Å². The van der Waals surface area contributed by atoms with E-state index in [0.717, 1.165) is 18.4 Å². The molecule has 0 fully saturated rings. The molecule has 0 bridgehead atoms. The SMILES string of the molecule is Cc1nc2c(c(=O)[nH]1)CN(C(=O)N[C@H](C)c1ccc3c(c1)CCCC3)C2. The molecule has 2 N–H and O–H groups in total. The number of urea groups is 1. The van der Waals surface area contributed by atoms with Gasteiger partial charge < -0.3 is 15.2 Å². The molecule has 0 unspecified atom stereocenters. The highest BCUT2D eigenvalue weighted by Crippen LogP contribution is 2.25. The molecule has 1 aliphatic carbocycles. The van der Waals surface area contributed by atoms with Crippen molar-refractivity contribution in [3.05, 3.63) is 62.3 Å². The Morgan fingerprint density at radius 3 is 2.81 bits per heavy atom.